The van der Waals surface area contributed by atoms with Gasteiger partial charge < -0.3 is 4.79 Å². The second-order valence-corrected chi connectivity index (χ2v) is 4.03. The summed E-state index contributed by atoms with van der Waals surface area (Å²) in [6.07, 6.45) is 6.22. The number of aldehydes is 1. The van der Waals surface area contributed by atoms with E-state index in [9.17, 15) is 4.79 Å². The van der Waals surface area contributed by atoms with E-state index in [2.05, 4.69) is 32.1 Å². The number of carbonyl (C=O) groups is 1. The lowest BCUT2D eigenvalue weighted by Crippen LogP contribution is -2.04. The highest BCUT2D eigenvalue weighted by Crippen LogP contribution is 2.21. The number of hydrogen-bond acceptors (Lipinski definition) is 1. The largest absolute Gasteiger partial charge is 0.303 e. The van der Waals surface area contributed by atoms with Crippen LogP contribution in [0.4, 0.5) is 0 Å². The van der Waals surface area contributed by atoms with Gasteiger partial charge in [0.25, 0.3) is 0 Å². The summed E-state index contributed by atoms with van der Waals surface area (Å²) in [6, 6.07) is 10.2. The van der Waals surface area contributed by atoms with Gasteiger partial charge >= 0.3 is 0 Å². The summed E-state index contributed by atoms with van der Waals surface area (Å²) in [6.45, 7) is 4.21. The van der Waals surface area contributed by atoms with Crippen LogP contribution in [0.2, 0.25) is 0 Å². The molecule has 0 radical (unpaired) electrons. The first-order valence-corrected chi connectivity index (χ1v) is 6.02. The van der Waals surface area contributed by atoms with E-state index in [0.717, 1.165) is 25.5 Å². The fourth-order valence-electron chi connectivity index (χ4n) is 1.86. The van der Waals surface area contributed by atoms with Gasteiger partial charge in [-0.15, -0.1) is 0 Å². The predicted octanol–water partition coefficient (Wildman–Crippen LogP) is 4.10. The summed E-state index contributed by atoms with van der Waals surface area (Å²) < 4.78 is 0. The molecule has 0 saturated carbocycles. The van der Waals surface area contributed by atoms with E-state index in [0.29, 0.717) is 0 Å². The first-order chi connectivity index (χ1) is 7.81. The number of benzene rings is 1. The van der Waals surface area contributed by atoms with Gasteiger partial charge in [-0.05, 0) is 18.4 Å². The van der Waals surface area contributed by atoms with Crippen molar-refractivity contribution in [2.75, 3.05) is 0 Å². The van der Waals surface area contributed by atoms with Crippen molar-refractivity contribution in [3.05, 3.63) is 41.5 Å². The molecule has 86 valence electrons. The van der Waals surface area contributed by atoms with E-state index in [1.54, 1.807) is 0 Å². The van der Waals surface area contributed by atoms with E-state index < -0.39 is 0 Å². The Labute approximate surface area is 98.2 Å². The topological polar surface area (TPSA) is 17.1 Å². The zero-order valence-electron chi connectivity index (χ0n) is 10.1. The standard InChI is InChI=1S/C15H20O/c1-3-8-15(14(4-2)12-16)11-13-9-6-5-7-10-13/h5-7,9-12,14H,3-4,8H2,1-2H3. The highest BCUT2D eigenvalue weighted by Gasteiger charge is 2.10. The maximum atomic E-state index is 11.0. The molecule has 0 aliphatic rings. The van der Waals surface area contributed by atoms with Gasteiger partial charge in [-0.1, -0.05) is 62.2 Å². The number of carbonyl (C=O) groups excluding carboxylic acids is 1. The fraction of sp³-hybridized carbons (Fsp3) is 0.400. The van der Waals surface area contributed by atoms with Crippen molar-refractivity contribution in [3.63, 3.8) is 0 Å². The lowest BCUT2D eigenvalue weighted by molar-refractivity contribution is -0.110. The second-order valence-electron chi connectivity index (χ2n) is 4.03. The molecule has 0 amide bonds. The summed E-state index contributed by atoms with van der Waals surface area (Å²) in [5, 5.41) is 0. The molecule has 0 N–H and O–H groups in total. The zero-order chi connectivity index (χ0) is 11.8. The minimum absolute atomic E-state index is 0.0835. The minimum atomic E-state index is 0.0835. The molecule has 1 nitrogen and oxygen atoms in total. The predicted molar refractivity (Wildman–Crippen MR) is 69.2 cm³/mol. The first kappa shape index (κ1) is 12.7. The Morgan fingerprint density at radius 3 is 2.44 bits per heavy atom. The van der Waals surface area contributed by atoms with Crippen LogP contribution in [0.3, 0.4) is 0 Å². The quantitative estimate of drug-likeness (QED) is 0.654. The molecular weight excluding hydrogens is 196 g/mol. The molecule has 0 heterocycles. The zero-order valence-corrected chi connectivity index (χ0v) is 10.1. The molecule has 1 aromatic rings. The molecular formula is C15H20O. The highest BCUT2D eigenvalue weighted by molar-refractivity contribution is 5.65. The van der Waals surface area contributed by atoms with Gasteiger partial charge in [0.15, 0.2) is 0 Å². The SMILES string of the molecule is CCCC(=Cc1ccccc1)C(C=O)CC. The summed E-state index contributed by atoms with van der Waals surface area (Å²) in [7, 11) is 0. The first-order valence-electron chi connectivity index (χ1n) is 6.02. The molecule has 1 aromatic carbocycles. The Kier molecular flexibility index (Phi) is 5.55. The maximum Gasteiger partial charge on any atom is 0.127 e. The lowest BCUT2D eigenvalue weighted by Gasteiger charge is -2.12. The Morgan fingerprint density at radius 1 is 1.25 bits per heavy atom. The van der Waals surface area contributed by atoms with Crippen molar-refractivity contribution in [2.24, 2.45) is 5.92 Å². The van der Waals surface area contributed by atoms with Crippen molar-refractivity contribution in [2.45, 2.75) is 33.1 Å². The van der Waals surface area contributed by atoms with Crippen molar-refractivity contribution in [1.29, 1.82) is 0 Å². The van der Waals surface area contributed by atoms with Crippen LogP contribution in [0.15, 0.2) is 35.9 Å². The van der Waals surface area contributed by atoms with E-state index in [1.165, 1.54) is 11.1 Å². The molecule has 1 unspecified atom stereocenters. The van der Waals surface area contributed by atoms with E-state index >= 15 is 0 Å². The van der Waals surface area contributed by atoms with Crippen LogP contribution in [0, 0.1) is 5.92 Å². The smallest absolute Gasteiger partial charge is 0.127 e. The molecule has 1 heteroatoms. The molecule has 1 atom stereocenters. The lowest BCUT2D eigenvalue weighted by atomic mass is 9.92. The van der Waals surface area contributed by atoms with Gasteiger partial charge in [0, 0.05) is 5.92 Å². The van der Waals surface area contributed by atoms with Crippen molar-refractivity contribution >= 4 is 12.4 Å². The molecule has 0 saturated heterocycles. The normalized spacial score (nSPS) is 13.5. The van der Waals surface area contributed by atoms with Crippen molar-refractivity contribution in [1.82, 2.24) is 0 Å². The third-order valence-electron chi connectivity index (χ3n) is 2.77. The molecule has 0 aliphatic carbocycles. The molecule has 0 bridgehead atoms. The molecule has 0 spiro atoms. The Balaban J connectivity index is 2.92. The average molecular weight is 216 g/mol. The van der Waals surface area contributed by atoms with E-state index in [4.69, 9.17) is 0 Å². The van der Waals surface area contributed by atoms with Gasteiger partial charge in [-0.2, -0.15) is 0 Å². The molecule has 0 aliphatic heterocycles. The summed E-state index contributed by atoms with van der Waals surface area (Å²) in [4.78, 5) is 11.0. The van der Waals surface area contributed by atoms with Gasteiger partial charge in [0.1, 0.15) is 6.29 Å². The Hall–Kier alpha value is -1.37. The van der Waals surface area contributed by atoms with Gasteiger partial charge in [-0.3, -0.25) is 0 Å². The van der Waals surface area contributed by atoms with Crippen LogP contribution in [0.1, 0.15) is 38.7 Å². The number of hydrogen-bond donors (Lipinski definition) is 0. The third-order valence-corrected chi connectivity index (χ3v) is 2.77. The molecule has 0 fully saturated rings. The maximum absolute atomic E-state index is 11.0. The van der Waals surface area contributed by atoms with E-state index in [1.807, 2.05) is 18.2 Å². The molecule has 0 aromatic heterocycles. The van der Waals surface area contributed by atoms with Crippen LogP contribution in [0.5, 0.6) is 0 Å². The van der Waals surface area contributed by atoms with Gasteiger partial charge in [0.2, 0.25) is 0 Å². The monoisotopic (exact) mass is 216 g/mol. The van der Waals surface area contributed by atoms with Crippen LogP contribution in [-0.4, -0.2) is 6.29 Å². The van der Waals surface area contributed by atoms with Gasteiger partial charge in [0.05, 0.1) is 0 Å². The van der Waals surface area contributed by atoms with E-state index in [-0.39, 0.29) is 5.92 Å². The third kappa shape index (κ3) is 3.65. The van der Waals surface area contributed by atoms with Crippen LogP contribution in [0.25, 0.3) is 6.08 Å². The molecule has 1 rings (SSSR count). The molecule has 16 heavy (non-hydrogen) atoms. The van der Waals surface area contributed by atoms with Crippen molar-refractivity contribution < 1.29 is 4.79 Å². The highest BCUT2D eigenvalue weighted by atomic mass is 16.1. The second kappa shape index (κ2) is 7.00. The number of allylic oxidation sites excluding steroid dienone is 1. The summed E-state index contributed by atoms with van der Waals surface area (Å²) >= 11 is 0. The fourth-order valence-corrected chi connectivity index (χ4v) is 1.86. The van der Waals surface area contributed by atoms with Crippen LogP contribution in [-0.2, 0) is 4.79 Å². The van der Waals surface area contributed by atoms with Crippen LogP contribution < -0.4 is 0 Å². The average Bonchev–Trinajstić information content (AvgIpc) is 2.32. The summed E-state index contributed by atoms with van der Waals surface area (Å²) in [5.41, 5.74) is 2.44. The minimum Gasteiger partial charge on any atom is -0.303 e. The van der Waals surface area contributed by atoms with Gasteiger partial charge in [-0.25, -0.2) is 0 Å². The number of rotatable bonds is 6. The Bertz CT molecular complexity index is 338. The summed E-state index contributed by atoms with van der Waals surface area (Å²) in [5.74, 6) is 0.0835. The van der Waals surface area contributed by atoms with Crippen LogP contribution >= 0.6 is 0 Å². The Morgan fingerprint density at radius 2 is 1.94 bits per heavy atom. The van der Waals surface area contributed by atoms with Crippen molar-refractivity contribution in [3.8, 4) is 0 Å².